The number of rotatable bonds is 19. The SMILES string of the molecule is C#COP(=O)(OC#C)OCCc1ccc(CC(=O)c2ccc(C)cc2OC(=O)CC[C@H](NC(=O)c2ccc(NCc3cnc4nc(C)[nH]c(=O)c4n3)cc2)C(=O)O)cc1. The normalized spacial score (nSPS) is 11.4. The molecule has 5 aromatic rings. The van der Waals surface area contributed by atoms with Crippen molar-refractivity contribution in [2.24, 2.45) is 0 Å². The van der Waals surface area contributed by atoms with Gasteiger partial charge in [0, 0.05) is 24.1 Å². The highest BCUT2D eigenvalue weighted by molar-refractivity contribution is 7.48. The van der Waals surface area contributed by atoms with Gasteiger partial charge in [-0.3, -0.25) is 23.7 Å². The van der Waals surface area contributed by atoms with E-state index in [9.17, 15) is 33.6 Å². The van der Waals surface area contributed by atoms with Gasteiger partial charge in [0.15, 0.2) is 16.9 Å². The first kappa shape index (κ1) is 42.8. The number of phosphoric acid groups is 1. The van der Waals surface area contributed by atoms with Crippen molar-refractivity contribution in [1.29, 1.82) is 0 Å². The zero-order chi connectivity index (χ0) is 42.5. The predicted molar refractivity (Wildman–Crippen MR) is 213 cm³/mol. The van der Waals surface area contributed by atoms with Crippen LogP contribution in [0.25, 0.3) is 11.2 Å². The summed E-state index contributed by atoms with van der Waals surface area (Å²) in [6.45, 7) is 3.53. The van der Waals surface area contributed by atoms with Gasteiger partial charge in [0.2, 0.25) is 0 Å². The van der Waals surface area contributed by atoms with Crippen LogP contribution in [0.5, 0.6) is 5.75 Å². The number of nitrogens with one attached hydrogen (secondary N) is 3. The second kappa shape index (κ2) is 19.7. The number of benzene rings is 3. The van der Waals surface area contributed by atoms with Gasteiger partial charge in [-0.05, 0) is 79.8 Å². The number of carbonyl (C=O) groups is 4. The summed E-state index contributed by atoms with van der Waals surface area (Å²) in [4.78, 5) is 78.8. The van der Waals surface area contributed by atoms with Crippen molar-refractivity contribution in [2.45, 2.75) is 52.1 Å². The van der Waals surface area contributed by atoms with Crippen molar-refractivity contribution in [3.8, 4) is 30.8 Å². The van der Waals surface area contributed by atoms with Gasteiger partial charge in [-0.1, -0.05) is 43.2 Å². The largest absolute Gasteiger partial charge is 0.604 e. The third-order valence-corrected chi connectivity index (χ3v) is 9.62. The molecule has 0 aliphatic rings. The molecule has 59 heavy (non-hydrogen) atoms. The lowest BCUT2D eigenvalue weighted by molar-refractivity contribution is -0.140. The van der Waals surface area contributed by atoms with Crippen LogP contribution in [-0.2, 0) is 47.1 Å². The van der Waals surface area contributed by atoms with Crippen molar-refractivity contribution in [2.75, 3.05) is 11.9 Å². The summed E-state index contributed by atoms with van der Waals surface area (Å²) in [5.74, 6) is -2.74. The summed E-state index contributed by atoms with van der Waals surface area (Å²) in [5.41, 5.74) is 3.49. The number of anilines is 1. The summed E-state index contributed by atoms with van der Waals surface area (Å²) in [7, 11) is -4.09. The number of aliphatic carboxylic acids is 1. The van der Waals surface area contributed by atoms with Gasteiger partial charge in [0.25, 0.3) is 11.5 Å². The van der Waals surface area contributed by atoms with Gasteiger partial charge >= 0.3 is 19.8 Å². The molecule has 0 saturated carbocycles. The number of amides is 1. The lowest BCUT2D eigenvalue weighted by atomic mass is 10.00. The van der Waals surface area contributed by atoms with Gasteiger partial charge in [-0.15, -0.1) is 0 Å². The van der Waals surface area contributed by atoms with Gasteiger partial charge in [-0.2, -0.15) is 0 Å². The number of nitrogens with zero attached hydrogens (tertiary/aromatic N) is 3. The van der Waals surface area contributed by atoms with Crippen molar-refractivity contribution >= 4 is 48.3 Å². The van der Waals surface area contributed by atoms with E-state index in [4.69, 9.17) is 22.1 Å². The molecule has 302 valence electrons. The molecule has 1 atom stereocenters. The molecule has 18 heteroatoms. The van der Waals surface area contributed by atoms with Crippen molar-refractivity contribution < 1.29 is 47.2 Å². The molecule has 2 aromatic heterocycles. The monoisotopic (exact) mass is 820 g/mol. The average Bonchev–Trinajstić information content (AvgIpc) is 3.19. The number of Topliss-reactive ketones (excluding diaryl/α,β-unsaturated/α-hetero) is 1. The number of hydrogen-bond acceptors (Lipinski definition) is 14. The molecule has 0 spiro atoms. The maximum atomic E-state index is 13.4. The number of hydrogen-bond donors (Lipinski definition) is 4. The molecule has 0 bridgehead atoms. The Morgan fingerprint density at radius 2 is 1.64 bits per heavy atom. The Hall–Kier alpha value is -7.33. The summed E-state index contributed by atoms with van der Waals surface area (Å²) in [5, 5.41) is 15.4. The number of ether oxygens (including phenoxy) is 1. The maximum absolute atomic E-state index is 13.4. The molecule has 0 radical (unpaired) electrons. The summed E-state index contributed by atoms with van der Waals surface area (Å²) in [6.07, 6.45) is 14.5. The number of aryl methyl sites for hydroxylation is 2. The van der Waals surface area contributed by atoms with Crippen molar-refractivity contribution in [3.05, 3.63) is 123 Å². The van der Waals surface area contributed by atoms with E-state index in [0.29, 0.717) is 34.8 Å². The first-order valence-corrected chi connectivity index (χ1v) is 19.3. The molecule has 0 fully saturated rings. The Bertz CT molecular complexity index is 2540. The Kier molecular flexibility index (Phi) is 14.3. The number of fused-ring (bicyclic) bond motifs is 1. The van der Waals surface area contributed by atoms with E-state index in [0.717, 1.165) is 5.56 Å². The second-order valence-electron chi connectivity index (χ2n) is 12.9. The van der Waals surface area contributed by atoms with Crippen LogP contribution >= 0.6 is 7.82 Å². The van der Waals surface area contributed by atoms with E-state index in [1.807, 2.05) is 0 Å². The minimum Gasteiger partial charge on any atom is -0.480 e. The highest BCUT2D eigenvalue weighted by atomic mass is 31.2. The number of phosphoric ester groups is 1. The molecule has 5 rings (SSSR count). The van der Waals surface area contributed by atoms with Crippen LogP contribution in [-0.4, -0.2) is 61.3 Å². The average molecular weight is 821 g/mol. The molecule has 1 amide bonds. The van der Waals surface area contributed by atoms with E-state index in [1.165, 1.54) is 24.4 Å². The smallest absolute Gasteiger partial charge is 0.480 e. The van der Waals surface area contributed by atoms with Crippen LogP contribution in [0, 0.1) is 38.9 Å². The maximum Gasteiger partial charge on any atom is 0.604 e. The minimum absolute atomic E-state index is 0.0135. The van der Waals surface area contributed by atoms with E-state index in [1.54, 1.807) is 74.6 Å². The zero-order valence-electron chi connectivity index (χ0n) is 31.7. The first-order chi connectivity index (χ1) is 28.2. The number of terminal acetylenes is 2. The van der Waals surface area contributed by atoms with E-state index >= 15 is 0 Å². The highest BCUT2D eigenvalue weighted by Crippen LogP contribution is 2.48. The van der Waals surface area contributed by atoms with Gasteiger partial charge in [0.1, 0.15) is 29.8 Å². The molecule has 4 N–H and O–H groups in total. The number of aromatic amines is 1. The predicted octanol–water partition coefficient (Wildman–Crippen LogP) is 4.82. The Morgan fingerprint density at radius 1 is 0.949 bits per heavy atom. The number of esters is 1. The van der Waals surface area contributed by atoms with Crippen LogP contribution in [0.2, 0.25) is 0 Å². The number of H-pyrrole nitrogens is 1. The van der Waals surface area contributed by atoms with E-state index in [2.05, 4.69) is 39.6 Å². The number of carboxylic acids is 1. The first-order valence-electron chi connectivity index (χ1n) is 17.8. The number of ketones is 1. The third kappa shape index (κ3) is 12.1. The quantitative estimate of drug-likeness (QED) is 0.0287. The fourth-order valence-electron chi connectivity index (χ4n) is 5.54. The molecule has 17 nitrogen and oxygen atoms in total. The molecule has 3 aromatic carbocycles. The van der Waals surface area contributed by atoms with Crippen LogP contribution in [0.15, 0.2) is 77.7 Å². The lowest BCUT2D eigenvalue weighted by Gasteiger charge is -2.15. The minimum atomic E-state index is -4.09. The third-order valence-electron chi connectivity index (χ3n) is 8.47. The standard InChI is InChI=1S/C41H37N6O11P/c1-5-55-59(54,56-6-2)57-20-19-27-8-10-28(11-9-27)22-34(48)32-16-7-25(3)21-35(32)58-36(49)18-17-33(41(52)53)47-39(50)29-12-14-30(15-13-29)42-23-31-24-43-38-37(46-31)40(51)45-26(4)44-38/h1-2,7-16,21,24,33,42H,17-20,22-23H2,3-4H3,(H,47,50)(H,52,53)(H,43,44,45,51)/t33-/m0/s1. The van der Waals surface area contributed by atoms with Crippen molar-refractivity contribution in [1.82, 2.24) is 25.3 Å². The number of carboxylic acid groups (broad SMARTS) is 1. The Balaban J connectivity index is 1.12. The van der Waals surface area contributed by atoms with E-state index in [-0.39, 0.29) is 66.2 Å². The van der Waals surface area contributed by atoms with Crippen LogP contribution < -0.4 is 20.9 Å². The van der Waals surface area contributed by atoms with Crippen molar-refractivity contribution in [3.63, 3.8) is 0 Å². The summed E-state index contributed by atoms with van der Waals surface area (Å²) < 4.78 is 31.9. The fourth-order valence-corrected chi connectivity index (χ4v) is 6.26. The second-order valence-corrected chi connectivity index (χ2v) is 14.4. The topological polar surface area (TPSA) is 238 Å². The highest BCUT2D eigenvalue weighted by Gasteiger charge is 2.28. The molecular formula is C41H37N6O11P. The molecule has 2 heterocycles. The molecule has 0 unspecified atom stereocenters. The zero-order valence-corrected chi connectivity index (χ0v) is 32.6. The summed E-state index contributed by atoms with van der Waals surface area (Å²) in [6, 6.07) is 16.5. The number of carbonyl (C=O) groups excluding carboxylic acids is 3. The summed E-state index contributed by atoms with van der Waals surface area (Å²) >= 11 is 0. The Labute approximate surface area is 337 Å². The van der Waals surface area contributed by atoms with Gasteiger partial charge in [0.05, 0.1) is 30.6 Å². The molecule has 0 aliphatic carbocycles. The van der Waals surface area contributed by atoms with Crippen LogP contribution in [0.3, 0.4) is 0 Å². The van der Waals surface area contributed by atoms with Gasteiger partial charge in [-0.25, -0.2) is 24.3 Å². The molecular weight excluding hydrogens is 783 g/mol. The lowest BCUT2D eigenvalue weighted by Crippen LogP contribution is -2.41. The molecule has 0 aliphatic heterocycles. The fraction of sp³-hybridized carbons (Fsp3) is 0.220. The van der Waals surface area contributed by atoms with E-state index < -0.39 is 37.3 Å². The molecule has 0 saturated heterocycles. The number of aromatic nitrogens is 4. The Morgan fingerprint density at radius 3 is 2.32 bits per heavy atom. The van der Waals surface area contributed by atoms with Crippen LogP contribution in [0.4, 0.5) is 5.69 Å². The van der Waals surface area contributed by atoms with Gasteiger partial charge < -0.3 is 34.5 Å². The van der Waals surface area contributed by atoms with Crippen LogP contribution in [0.1, 0.15) is 61.8 Å².